The number of carboxylic acid groups (broad SMARTS) is 1. The van der Waals surface area contributed by atoms with E-state index in [1.165, 1.54) is 0 Å². The van der Waals surface area contributed by atoms with Crippen LogP contribution in [0.25, 0.3) is 0 Å². The molecule has 0 aliphatic heterocycles. The van der Waals surface area contributed by atoms with Crippen molar-refractivity contribution in [2.45, 2.75) is 25.2 Å². The first-order chi connectivity index (χ1) is 7.18. The van der Waals surface area contributed by atoms with Crippen molar-refractivity contribution >= 4 is 17.6 Å². The van der Waals surface area contributed by atoms with E-state index in [1.54, 1.807) is 12.1 Å². The summed E-state index contributed by atoms with van der Waals surface area (Å²) < 4.78 is 0. The monoisotopic (exact) mass is 224 g/mol. The standard InChI is InChI=1S/C12H13ClO2/c13-10-6-4-9(5-7-10)11(12(14)15)8-2-1-3-8/h4-8,11H,1-3H2,(H,14,15)/t11-/m1/s1. The quantitative estimate of drug-likeness (QED) is 0.855. The Labute approximate surface area is 93.9 Å². The summed E-state index contributed by atoms with van der Waals surface area (Å²) in [6.07, 6.45) is 3.21. The minimum Gasteiger partial charge on any atom is -0.481 e. The lowest BCUT2D eigenvalue weighted by molar-refractivity contribution is -0.141. The van der Waals surface area contributed by atoms with Gasteiger partial charge in [-0.3, -0.25) is 4.79 Å². The van der Waals surface area contributed by atoms with Gasteiger partial charge in [0.05, 0.1) is 5.92 Å². The van der Waals surface area contributed by atoms with E-state index in [2.05, 4.69) is 0 Å². The number of carbonyl (C=O) groups is 1. The maximum absolute atomic E-state index is 11.2. The zero-order valence-corrected chi connectivity index (χ0v) is 9.07. The van der Waals surface area contributed by atoms with Crippen molar-refractivity contribution in [3.05, 3.63) is 34.9 Å². The highest BCUT2D eigenvalue weighted by molar-refractivity contribution is 6.30. The van der Waals surface area contributed by atoms with Crippen LogP contribution in [0.4, 0.5) is 0 Å². The molecule has 0 aromatic heterocycles. The third-order valence-electron chi connectivity index (χ3n) is 3.12. The Balaban J connectivity index is 2.23. The number of carboxylic acids is 1. The molecule has 1 aliphatic rings. The summed E-state index contributed by atoms with van der Waals surface area (Å²) in [6, 6.07) is 7.15. The minimum atomic E-state index is -0.720. The Bertz CT molecular complexity index is 354. The van der Waals surface area contributed by atoms with Crippen LogP contribution in [-0.2, 0) is 4.79 Å². The van der Waals surface area contributed by atoms with Crippen LogP contribution in [0.2, 0.25) is 5.02 Å². The SMILES string of the molecule is O=C(O)[C@@H](c1ccc(Cl)cc1)C1CCC1. The van der Waals surface area contributed by atoms with Gasteiger partial charge in [0.2, 0.25) is 0 Å². The largest absolute Gasteiger partial charge is 0.481 e. The first-order valence-electron chi connectivity index (χ1n) is 5.17. The van der Waals surface area contributed by atoms with Crippen LogP contribution in [0.15, 0.2) is 24.3 Å². The molecule has 80 valence electrons. The highest BCUT2D eigenvalue weighted by atomic mass is 35.5. The Kier molecular flexibility index (Phi) is 2.96. The molecular weight excluding hydrogens is 212 g/mol. The molecule has 0 unspecified atom stereocenters. The van der Waals surface area contributed by atoms with Gasteiger partial charge in [-0.15, -0.1) is 0 Å². The Morgan fingerprint density at radius 2 is 1.93 bits per heavy atom. The summed E-state index contributed by atoms with van der Waals surface area (Å²) in [5.74, 6) is -0.762. The van der Waals surface area contributed by atoms with Gasteiger partial charge in [0.15, 0.2) is 0 Å². The molecule has 0 spiro atoms. The van der Waals surface area contributed by atoms with Gasteiger partial charge in [0.1, 0.15) is 0 Å². The topological polar surface area (TPSA) is 37.3 Å². The average molecular weight is 225 g/mol. The lowest BCUT2D eigenvalue weighted by Gasteiger charge is -2.31. The van der Waals surface area contributed by atoms with Crippen LogP contribution in [0.3, 0.4) is 0 Å². The summed E-state index contributed by atoms with van der Waals surface area (Å²) in [7, 11) is 0. The van der Waals surface area contributed by atoms with Crippen molar-refractivity contribution in [3.8, 4) is 0 Å². The molecule has 2 rings (SSSR count). The predicted octanol–water partition coefficient (Wildman–Crippen LogP) is 3.31. The maximum atomic E-state index is 11.2. The number of hydrogen-bond donors (Lipinski definition) is 1. The van der Waals surface area contributed by atoms with Crippen molar-refractivity contribution < 1.29 is 9.90 Å². The highest BCUT2D eigenvalue weighted by Gasteiger charge is 2.33. The van der Waals surface area contributed by atoms with Crippen LogP contribution in [0, 0.1) is 5.92 Å². The Morgan fingerprint density at radius 3 is 2.33 bits per heavy atom. The van der Waals surface area contributed by atoms with E-state index in [4.69, 9.17) is 11.6 Å². The molecule has 1 aromatic carbocycles. The predicted molar refractivity (Wildman–Crippen MR) is 59.2 cm³/mol. The van der Waals surface area contributed by atoms with Crippen molar-refractivity contribution in [1.82, 2.24) is 0 Å². The highest BCUT2D eigenvalue weighted by Crippen LogP contribution is 2.39. The molecule has 1 fully saturated rings. The number of benzene rings is 1. The van der Waals surface area contributed by atoms with E-state index in [1.807, 2.05) is 12.1 Å². The van der Waals surface area contributed by atoms with Crippen molar-refractivity contribution in [1.29, 1.82) is 0 Å². The molecule has 0 heterocycles. The molecule has 1 aliphatic carbocycles. The zero-order valence-electron chi connectivity index (χ0n) is 8.32. The molecule has 0 bridgehead atoms. The van der Waals surface area contributed by atoms with Crippen LogP contribution in [-0.4, -0.2) is 11.1 Å². The molecule has 1 atom stereocenters. The fourth-order valence-electron chi connectivity index (χ4n) is 2.06. The molecule has 2 nitrogen and oxygen atoms in total. The molecule has 15 heavy (non-hydrogen) atoms. The fraction of sp³-hybridized carbons (Fsp3) is 0.417. The van der Waals surface area contributed by atoms with E-state index in [0.717, 1.165) is 24.8 Å². The van der Waals surface area contributed by atoms with Gasteiger partial charge in [-0.2, -0.15) is 0 Å². The van der Waals surface area contributed by atoms with E-state index in [0.29, 0.717) is 10.9 Å². The van der Waals surface area contributed by atoms with Gasteiger partial charge in [-0.25, -0.2) is 0 Å². The molecule has 0 radical (unpaired) electrons. The van der Waals surface area contributed by atoms with Crippen LogP contribution in [0.1, 0.15) is 30.7 Å². The van der Waals surface area contributed by atoms with Gasteiger partial charge >= 0.3 is 5.97 Å². The molecule has 0 saturated heterocycles. The molecule has 0 amide bonds. The summed E-state index contributed by atoms with van der Waals surface area (Å²) in [5, 5.41) is 9.85. The zero-order chi connectivity index (χ0) is 10.8. The van der Waals surface area contributed by atoms with E-state index in [-0.39, 0.29) is 5.92 Å². The average Bonchev–Trinajstić information content (AvgIpc) is 2.12. The first-order valence-corrected chi connectivity index (χ1v) is 5.54. The third kappa shape index (κ3) is 2.15. The maximum Gasteiger partial charge on any atom is 0.311 e. The smallest absolute Gasteiger partial charge is 0.311 e. The van der Waals surface area contributed by atoms with Crippen LogP contribution in [0.5, 0.6) is 0 Å². The van der Waals surface area contributed by atoms with Gasteiger partial charge < -0.3 is 5.11 Å². The number of rotatable bonds is 3. The number of aliphatic carboxylic acids is 1. The normalized spacial score (nSPS) is 18.2. The first kappa shape index (κ1) is 10.5. The van der Waals surface area contributed by atoms with Crippen LogP contribution < -0.4 is 0 Å². The van der Waals surface area contributed by atoms with Crippen molar-refractivity contribution in [2.75, 3.05) is 0 Å². The molecule has 1 N–H and O–H groups in total. The second-order valence-electron chi connectivity index (χ2n) is 4.06. The number of hydrogen-bond acceptors (Lipinski definition) is 1. The van der Waals surface area contributed by atoms with E-state index in [9.17, 15) is 9.90 Å². The summed E-state index contributed by atoms with van der Waals surface area (Å²) in [6.45, 7) is 0. The van der Waals surface area contributed by atoms with E-state index >= 15 is 0 Å². The fourth-order valence-corrected chi connectivity index (χ4v) is 2.19. The lowest BCUT2D eigenvalue weighted by atomic mass is 9.73. The number of halogens is 1. The Morgan fingerprint density at radius 1 is 1.33 bits per heavy atom. The molecule has 1 aromatic rings. The third-order valence-corrected chi connectivity index (χ3v) is 3.37. The van der Waals surface area contributed by atoms with Gasteiger partial charge in [-0.05, 0) is 36.5 Å². The van der Waals surface area contributed by atoms with Gasteiger partial charge in [0.25, 0.3) is 0 Å². The summed E-state index contributed by atoms with van der Waals surface area (Å²) in [5.41, 5.74) is 0.872. The second-order valence-corrected chi connectivity index (χ2v) is 4.49. The van der Waals surface area contributed by atoms with Gasteiger partial charge in [-0.1, -0.05) is 30.2 Å². The summed E-state index contributed by atoms with van der Waals surface area (Å²) >= 11 is 5.78. The minimum absolute atomic E-state index is 0.309. The summed E-state index contributed by atoms with van der Waals surface area (Å²) in [4.78, 5) is 11.2. The van der Waals surface area contributed by atoms with Gasteiger partial charge in [0, 0.05) is 5.02 Å². The Hall–Kier alpha value is -1.02. The van der Waals surface area contributed by atoms with Crippen molar-refractivity contribution in [3.63, 3.8) is 0 Å². The molecule has 3 heteroatoms. The van der Waals surface area contributed by atoms with Crippen LogP contribution >= 0.6 is 11.6 Å². The second kappa shape index (κ2) is 4.23. The lowest BCUT2D eigenvalue weighted by Crippen LogP contribution is -2.26. The van der Waals surface area contributed by atoms with E-state index < -0.39 is 5.97 Å². The molecular formula is C12H13ClO2. The van der Waals surface area contributed by atoms with Crippen molar-refractivity contribution in [2.24, 2.45) is 5.92 Å². The molecule has 1 saturated carbocycles.